The number of nitrogens with zero attached hydrogens (tertiary/aromatic N) is 2. The monoisotopic (exact) mass is 430 g/mol. The molecule has 1 aromatic heterocycles. The van der Waals surface area contributed by atoms with Gasteiger partial charge in [-0.2, -0.15) is 0 Å². The summed E-state index contributed by atoms with van der Waals surface area (Å²) in [4.78, 5) is 18.4. The van der Waals surface area contributed by atoms with Crippen molar-refractivity contribution < 1.29 is 14.3 Å². The molecule has 0 saturated carbocycles. The van der Waals surface area contributed by atoms with Gasteiger partial charge in [0.05, 0.1) is 13.2 Å². The van der Waals surface area contributed by atoms with E-state index in [1.165, 1.54) is 11.1 Å². The van der Waals surface area contributed by atoms with Crippen LogP contribution in [0.1, 0.15) is 29.5 Å². The Labute approximate surface area is 190 Å². The third kappa shape index (κ3) is 6.66. The highest BCUT2D eigenvalue weighted by molar-refractivity contribution is 5.77. The van der Waals surface area contributed by atoms with E-state index in [1.54, 1.807) is 12.4 Å². The van der Waals surface area contributed by atoms with Crippen LogP contribution in [0.2, 0.25) is 0 Å². The number of para-hydroxylation sites is 1. The number of hydrogen-bond acceptors (Lipinski definition) is 4. The highest BCUT2D eigenvalue weighted by Gasteiger charge is 2.23. The van der Waals surface area contributed by atoms with E-state index >= 15 is 0 Å². The number of carbonyl (C=O) groups is 1. The minimum Gasteiger partial charge on any atom is -0.484 e. The number of ether oxygens (including phenoxy) is 2. The molecule has 5 nitrogen and oxygen atoms in total. The van der Waals surface area contributed by atoms with Gasteiger partial charge in [0.25, 0.3) is 5.91 Å². The van der Waals surface area contributed by atoms with Gasteiger partial charge < -0.3 is 14.4 Å². The van der Waals surface area contributed by atoms with Crippen molar-refractivity contribution >= 4 is 5.91 Å². The molecule has 1 amide bonds. The molecule has 0 aliphatic carbocycles. The van der Waals surface area contributed by atoms with Crippen LogP contribution in [0.25, 0.3) is 0 Å². The van der Waals surface area contributed by atoms with Crippen LogP contribution in [-0.2, 0) is 29.2 Å². The summed E-state index contributed by atoms with van der Waals surface area (Å²) in [5.41, 5.74) is 3.66. The summed E-state index contributed by atoms with van der Waals surface area (Å²) in [5.74, 6) is 1.42. The van der Waals surface area contributed by atoms with Crippen LogP contribution >= 0.6 is 0 Å². The van der Waals surface area contributed by atoms with Crippen LogP contribution in [0, 0.1) is 5.92 Å². The first-order valence-corrected chi connectivity index (χ1v) is 11.3. The van der Waals surface area contributed by atoms with E-state index in [2.05, 4.69) is 29.2 Å². The summed E-state index contributed by atoms with van der Waals surface area (Å²) < 4.78 is 11.4. The Kier molecular flexibility index (Phi) is 7.88. The van der Waals surface area contributed by atoms with E-state index in [9.17, 15) is 4.79 Å². The molecule has 0 atom stereocenters. The van der Waals surface area contributed by atoms with Gasteiger partial charge in [-0.1, -0.05) is 42.5 Å². The Morgan fingerprint density at radius 1 is 0.844 bits per heavy atom. The van der Waals surface area contributed by atoms with Crippen molar-refractivity contribution in [3.8, 4) is 5.75 Å². The molecule has 0 bridgehead atoms. The SMILES string of the molecule is O=C(COc1ccccc1)N1CCC(Cc2ccc(COCc3ccncc3)cc2)CC1. The number of carbonyl (C=O) groups excluding carboxylic acids is 1. The number of pyridine rings is 1. The average molecular weight is 431 g/mol. The van der Waals surface area contributed by atoms with E-state index in [0.29, 0.717) is 19.1 Å². The van der Waals surface area contributed by atoms with Gasteiger partial charge in [-0.25, -0.2) is 0 Å². The molecule has 2 heterocycles. The van der Waals surface area contributed by atoms with Gasteiger partial charge in [0.1, 0.15) is 5.75 Å². The second-order valence-electron chi connectivity index (χ2n) is 8.29. The number of aromatic nitrogens is 1. The molecule has 0 N–H and O–H groups in total. The summed E-state index contributed by atoms with van der Waals surface area (Å²) in [6.45, 7) is 2.93. The van der Waals surface area contributed by atoms with Crippen molar-refractivity contribution in [1.82, 2.24) is 9.88 Å². The lowest BCUT2D eigenvalue weighted by molar-refractivity contribution is -0.134. The Morgan fingerprint density at radius 2 is 1.47 bits per heavy atom. The van der Waals surface area contributed by atoms with Crippen molar-refractivity contribution in [3.63, 3.8) is 0 Å². The summed E-state index contributed by atoms with van der Waals surface area (Å²) in [6, 6.07) is 22.2. The summed E-state index contributed by atoms with van der Waals surface area (Å²) in [7, 11) is 0. The lowest BCUT2D eigenvalue weighted by atomic mass is 9.90. The van der Waals surface area contributed by atoms with Crippen LogP contribution < -0.4 is 4.74 Å². The molecule has 1 fully saturated rings. The molecule has 3 aromatic rings. The fourth-order valence-corrected chi connectivity index (χ4v) is 4.01. The quantitative estimate of drug-likeness (QED) is 0.496. The first-order chi connectivity index (χ1) is 15.8. The molecule has 2 aromatic carbocycles. The largest absolute Gasteiger partial charge is 0.484 e. The van der Waals surface area contributed by atoms with Crippen LogP contribution in [0.3, 0.4) is 0 Å². The maximum absolute atomic E-state index is 12.4. The summed E-state index contributed by atoms with van der Waals surface area (Å²) in [5, 5.41) is 0. The van der Waals surface area contributed by atoms with Crippen molar-refractivity contribution in [2.24, 2.45) is 5.92 Å². The molecular formula is C27H30N2O3. The maximum atomic E-state index is 12.4. The van der Waals surface area contributed by atoms with E-state index in [0.717, 1.165) is 43.7 Å². The molecule has 5 heteroatoms. The fraction of sp³-hybridized carbons (Fsp3) is 0.333. The topological polar surface area (TPSA) is 51.7 Å². The number of benzene rings is 2. The predicted molar refractivity (Wildman–Crippen MR) is 124 cm³/mol. The smallest absolute Gasteiger partial charge is 0.260 e. The van der Waals surface area contributed by atoms with Gasteiger partial charge in [-0.3, -0.25) is 9.78 Å². The van der Waals surface area contributed by atoms with Gasteiger partial charge >= 0.3 is 0 Å². The zero-order valence-corrected chi connectivity index (χ0v) is 18.4. The molecule has 166 valence electrons. The van der Waals surface area contributed by atoms with Gasteiger partial charge in [-0.15, -0.1) is 0 Å². The third-order valence-corrected chi connectivity index (χ3v) is 5.91. The molecule has 0 spiro atoms. The lowest BCUT2D eigenvalue weighted by Gasteiger charge is -2.32. The van der Waals surface area contributed by atoms with Crippen molar-refractivity contribution in [2.45, 2.75) is 32.5 Å². The molecule has 32 heavy (non-hydrogen) atoms. The average Bonchev–Trinajstić information content (AvgIpc) is 2.85. The second kappa shape index (κ2) is 11.4. The van der Waals surface area contributed by atoms with E-state index < -0.39 is 0 Å². The molecule has 1 aliphatic rings. The highest BCUT2D eigenvalue weighted by atomic mass is 16.5. The molecule has 0 unspecified atom stereocenters. The molecule has 4 rings (SSSR count). The van der Waals surface area contributed by atoms with Gasteiger partial charge in [0, 0.05) is 25.5 Å². The Hall–Kier alpha value is -3.18. The number of piperidine rings is 1. The Morgan fingerprint density at radius 3 is 2.16 bits per heavy atom. The van der Waals surface area contributed by atoms with Crippen molar-refractivity contribution in [2.75, 3.05) is 19.7 Å². The maximum Gasteiger partial charge on any atom is 0.260 e. The Balaban J connectivity index is 1.16. The highest BCUT2D eigenvalue weighted by Crippen LogP contribution is 2.22. The molecule has 1 saturated heterocycles. The number of amides is 1. The zero-order valence-electron chi connectivity index (χ0n) is 18.4. The van der Waals surface area contributed by atoms with Gasteiger partial charge in [-0.05, 0) is 66.1 Å². The Bertz CT molecular complexity index is 953. The van der Waals surface area contributed by atoms with Crippen LogP contribution in [0.4, 0.5) is 0 Å². The van der Waals surface area contributed by atoms with Crippen LogP contribution in [0.5, 0.6) is 5.75 Å². The summed E-state index contributed by atoms with van der Waals surface area (Å²) >= 11 is 0. The minimum absolute atomic E-state index is 0.0726. The second-order valence-corrected chi connectivity index (χ2v) is 8.29. The van der Waals surface area contributed by atoms with Crippen LogP contribution in [0.15, 0.2) is 79.1 Å². The first-order valence-electron chi connectivity index (χ1n) is 11.3. The normalized spacial score (nSPS) is 14.3. The van der Waals surface area contributed by atoms with Crippen molar-refractivity contribution in [1.29, 1.82) is 0 Å². The van der Waals surface area contributed by atoms with Crippen molar-refractivity contribution in [3.05, 3.63) is 95.8 Å². The van der Waals surface area contributed by atoms with Gasteiger partial charge in [0.2, 0.25) is 0 Å². The third-order valence-electron chi connectivity index (χ3n) is 5.91. The van der Waals surface area contributed by atoms with E-state index in [4.69, 9.17) is 9.47 Å². The van der Waals surface area contributed by atoms with E-state index in [1.807, 2.05) is 47.4 Å². The fourth-order valence-electron chi connectivity index (χ4n) is 4.01. The minimum atomic E-state index is 0.0726. The number of hydrogen-bond donors (Lipinski definition) is 0. The molecule has 1 aliphatic heterocycles. The molecule has 0 radical (unpaired) electrons. The predicted octanol–water partition coefficient (Wildman–Crippen LogP) is 4.66. The standard InChI is InChI=1S/C27H30N2O3/c30-27(21-32-26-4-2-1-3-5-26)29-16-12-23(13-17-29)18-22-6-8-24(9-7-22)19-31-20-25-10-14-28-15-11-25/h1-11,14-15,23H,12-13,16-21H2. The van der Waals surface area contributed by atoms with Crippen LogP contribution in [-0.4, -0.2) is 35.5 Å². The molecular weight excluding hydrogens is 400 g/mol. The van der Waals surface area contributed by atoms with Gasteiger partial charge in [0.15, 0.2) is 6.61 Å². The number of rotatable bonds is 9. The summed E-state index contributed by atoms with van der Waals surface area (Å²) in [6.07, 6.45) is 6.70. The zero-order chi connectivity index (χ0) is 22.0. The van der Waals surface area contributed by atoms with E-state index in [-0.39, 0.29) is 12.5 Å². The lowest BCUT2D eigenvalue weighted by Crippen LogP contribution is -2.41. The first kappa shape index (κ1) is 22.0. The number of likely N-dealkylation sites (tertiary alicyclic amines) is 1.